The third-order valence-electron chi connectivity index (χ3n) is 5.45. The summed E-state index contributed by atoms with van der Waals surface area (Å²) in [7, 11) is -3.11. The lowest BCUT2D eigenvalue weighted by Gasteiger charge is -2.49. The maximum absolute atomic E-state index is 12.7. The van der Waals surface area contributed by atoms with E-state index in [-0.39, 0.29) is 11.7 Å². The van der Waals surface area contributed by atoms with Crippen LogP contribution in [0.1, 0.15) is 18.9 Å². The van der Waals surface area contributed by atoms with Crippen LogP contribution in [0.3, 0.4) is 0 Å². The lowest BCUT2D eigenvalue weighted by molar-refractivity contribution is 0.0572. The molecule has 1 atom stereocenters. The first-order valence-corrected chi connectivity index (χ1v) is 10.5. The van der Waals surface area contributed by atoms with Crippen molar-refractivity contribution >= 4 is 9.84 Å². The molecule has 4 heterocycles. The highest BCUT2D eigenvalue weighted by atomic mass is 32.2. The van der Waals surface area contributed by atoms with Gasteiger partial charge in [0.2, 0.25) is 0 Å². The number of hydrogen-bond donors (Lipinski definition) is 0. The Bertz CT molecular complexity index is 862. The molecule has 2 saturated heterocycles. The van der Waals surface area contributed by atoms with Gasteiger partial charge < -0.3 is 4.74 Å². The minimum absolute atomic E-state index is 0.0223. The summed E-state index contributed by atoms with van der Waals surface area (Å²) < 4.78 is 32.3. The molecule has 8 nitrogen and oxygen atoms in total. The molecule has 26 heavy (non-hydrogen) atoms. The summed E-state index contributed by atoms with van der Waals surface area (Å²) in [6, 6.07) is 2.02. The van der Waals surface area contributed by atoms with Gasteiger partial charge >= 0.3 is 6.01 Å². The van der Waals surface area contributed by atoms with Gasteiger partial charge in [0.1, 0.15) is 4.75 Å². The summed E-state index contributed by atoms with van der Waals surface area (Å²) in [4.78, 5) is 10.3. The molecule has 2 aliphatic rings. The Balaban J connectivity index is 1.41. The van der Waals surface area contributed by atoms with Crippen LogP contribution < -0.4 is 4.74 Å². The van der Waals surface area contributed by atoms with Crippen molar-refractivity contribution in [3.8, 4) is 6.01 Å². The Hall–Kier alpha value is -2.00. The monoisotopic (exact) mass is 377 g/mol. The van der Waals surface area contributed by atoms with Crippen molar-refractivity contribution < 1.29 is 13.2 Å². The van der Waals surface area contributed by atoms with Gasteiger partial charge in [-0.15, -0.1) is 0 Å². The number of rotatable bonds is 6. The molecule has 0 aromatic carbocycles. The van der Waals surface area contributed by atoms with Crippen LogP contribution in [0.5, 0.6) is 6.01 Å². The largest absolute Gasteiger partial charge is 0.463 e. The van der Waals surface area contributed by atoms with Gasteiger partial charge in [-0.3, -0.25) is 9.58 Å². The average molecular weight is 377 g/mol. The van der Waals surface area contributed by atoms with Crippen LogP contribution >= 0.6 is 0 Å². The first-order valence-electron chi connectivity index (χ1n) is 8.88. The number of aromatic nitrogens is 4. The maximum Gasteiger partial charge on any atom is 0.316 e. The number of nitrogens with zero attached hydrogens (tertiary/aromatic N) is 5. The van der Waals surface area contributed by atoms with E-state index in [4.69, 9.17) is 4.74 Å². The average Bonchev–Trinajstić information content (AvgIpc) is 3.16. The first-order chi connectivity index (χ1) is 12.5. The van der Waals surface area contributed by atoms with E-state index in [0.29, 0.717) is 32.1 Å². The summed E-state index contributed by atoms with van der Waals surface area (Å²) in [5.74, 6) is 0.212. The molecule has 0 N–H and O–H groups in total. The second-order valence-corrected chi connectivity index (χ2v) is 9.51. The highest BCUT2D eigenvalue weighted by Gasteiger charge is 2.61. The normalized spacial score (nSPS) is 23.8. The minimum Gasteiger partial charge on any atom is -0.463 e. The quantitative estimate of drug-likeness (QED) is 0.734. The number of hydrogen-bond acceptors (Lipinski definition) is 7. The zero-order chi connectivity index (χ0) is 18.2. The molecule has 0 aliphatic carbocycles. The van der Waals surface area contributed by atoms with Crippen LogP contribution in [0.15, 0.2) is 30.9 Å². The zero-order valence-corrected chi connectivity index (χ0v) is 15.6. The second-order valence-electron chi connectivity index (χ2n) is 7.06. The van der Waals surface area contributed by atoms with E-state index in [0.717, 1.165) is 18.7 Å². The molecule has 2 aliphatic heterocycles. The van der Waals surface area contributed by atoms with Crippen molar-refractivity contribution in [2.75, 3.05) is 25.4 Å². The van der Waals surface area contributed by atoms with E-state index in [2.05, 4.69) is 20.0 Å². The summed E-state index contributed by atoms with van der Waals surface area (Å²) in [6.45, 7) is 5.05. The first kappa shape index (κ1) is 17.4. The molecule has 2 aromatic rings. The summed E-state index contributed by atoms with van der Waals surface area (Å²) in [6.07, 6.45) is 7.74. The molecular formula is C17H23N5O3S. The number of ether oxygens (including phenoxy) is 1. The lowest BCUT2D eigenvalue weighted by Crippen LogP contribution is -2.67. The Kier molecular flexibility index (Phi) is 4.44. The third-order valence-corrected chi connectivity index (χ3v) is 8.06. The van der Waals surface area contributed by atoms with Crippen LogP contribution in [-0.2, 0) is 22.9 Å². The minimum atomic E-state index is -3.11. The van der Waals surface area contributed by atoms with E-state index < -0.39 is 14.6 Å². The van der Waals surface area contributed by atoms with Gasteiger partial charge in [-0.05, 0) is 19.4 Å². The van der Waals surface area contributed by atoms with Gasteiger partial charge in [0.25, 0.3) is 0 Å². The second kappa shape index (κ2) is 6.62. The van der Waals surface area contributed by atoms with E-state index in [9.17, 15) is 8.42 Å². The predicted octanol–water partition coefficient (Wildman–Crippen LogP) is 0.761. The molecule has 0 radical (unpaired) electrons. The molecule has 2 fully saturated rings. The van der Waals surface area contributed by atoms with E-state index in [1.165, 1.54) is 0 Å². The molecule has 0 saturated carbocycles. The number of sulfone groups is 1. The SMILES string of the molecule is CCn1cc(CN2CC3(C2)C(COc2ncccn2)CCS3(=O)=O)cn1. The Morgan fingerprint density at radius 2 is 2.08 bits per heavy atom. The molecular weight excluding hydrogens is 354 g/mol. The fourth-order valence-corrected chi connectivity index (χ4v) is 6.44. The van der Waals surface area contributed by atoms with E-state index in [1.54, 1.807) is 18.5 Å². The van der Waals surface area contributed by atoms with E-state index in [1.807, 2.05) is 24.0 Å². The molecule has 1 spiro atoms. The van der Waals surface area contributed by atoms with Crippen molar-refractivity contribution in [3.05, 3.63) is 36.4 Å². The van der Waals surface area contributed by atoms with Gasteiger partial charge in [0.05, 0.1) is 18.6 Å². The van der Waals surface area contributed by atoms with Crippen LogP contribution in [0.4, 0.5) is 0 Å². The highest BCUT2D eigenvalue weighted by Crippen LogP contribution is 2.45. The summed E-state index contributed by atoms with van der Waals surface area (Å²) in [5.41, 5.74) is 1.11. The topological polar surface area (TPSA) is 90.2 Å². The summed E-state index contributed by atoms with van der Waals surface area (Å²) >= 11 is 0. The van der Waals surface area contributed by atoms with Crippen molar-refractivity contribution in [1.82, 2.24) is 24.6 Å². The number of likely N-dealkylation sites (tertiary alicyclic amines) is 1. The predicted molar refractivity (Wildman–Crippen MR) is 95.3 cm³/mol. The standard InChI is InChI=1S/C17H23N5O3S/c1-2-22-10-14(8-20-22)9-21-12-17(13-21)15(4-7-26(17,23)24)11-25-16-18-5-3-6-19-16/h3,5-6,8,10,15H,2,4,7,9,11-13H2,1H3. The van der Waals surface area contributed by atoms with Gasteiger partial charge in [-0.25, -0.2) is 18.4 Å². The smallest absolute Gasteiger partial charge is 0.316 e. The molecule has 9 heteroatoms. The molecule has 0 amide bonds. The van der Waals surface area contributed by atoms with Gasteiger partial charge in [0.15, 0.2) is 9.84 Å². The van der Waals surface area contributed by atoms with Crippen LogP contribution in [-0.4, -0.2) is 63.3 Å². The fraction of sp³-hybridized carbons (Fsp3) is 0.588. The van der Waals surface area contributed by atoms with Crippen LogP contribution in [0, 0.1) is 5.92 Å². The summed E-state index contributed by atoms with van der Waals surface area (Å²) in [5, 5.41) is 4.28. The van der Waals surface area contributed by atoms with Crippen molar-refractivity contribution in [1.29, 1.82) is 0 Å². The van der Waals surface area contributed by atoms with Crippen molar-refractivity contribution in [3.63, 3.8) is 0 Å². The molecule has 140 valence electrons. The zero-order valence-electron chi connectivity index (χ0n) is 14.8. The third kappa shape index (κ3) is 2.99. The fourth-order valence-electron chi connectivity index (χ4n) is 3.98. The highest BCUT2D eigenvalue weighted by molar-refractivity contribution is 7.93. The maximum atomic E-state index is 12.7. The molecule has 2 aromatic heterocycles. The molecule has 4 rings (SSSR count). The van der Waals surface area contributed by atoms with Crippen molar-refractivity contribution in [2.24, 2.45) is 5.92 Å². The van der Waals surface area contributed by atoms with Gasteiger partial charge in [-0.2, -0.15) is 5.10 Å². The van der Waals surface area contributed by atoms with Gasteiger partial charge in [0, 0.05) is 56.3 Å². The Morgan fingerprint density at radius 1 is 1.31 bits per heavy atom. The van der Waals surface area contributed by atoms with Crippen molar-refractivity contribution in [2.45, 2.75) is 31.2 Å². The Labute approximate surface area is 153 Å². The molecule has 1 unspecified atom stereocenters. The number of aryl methyl sites for hydroxylation is 1. The van der Waals surface area contributed by atoms with Crippen LogP contribution in [0.25, 0.3) is 0 Å². The lowest BCUT2D eigenvalue weighted by atomic mass is 9.83. The molecule has 0 bridgehead atoms. The van der Waals surface area contributed by atoms with E-state index >= 15 is 0 Å². The van der Waals surface area contributed by atoms with Crippen LogP contribution in [0.2, 0.25) is 0 Å². The Morgan fingerprint density at radius 3 is 2.77 bits per heavy atom. The van der Waals surface area contributed by atoms with Gasteiger partial charge in [-0.1, -0.05) is 0 Å².